The number of imidazole rings is 1. The van der Waals surface area contributed by atoms with Crippen molar-refractivity contribution in [3.63, 3.8) is 0 Å². The van der Waals surface area contributed by atoms with Gasteiger partial charge in [0.15, 0.2) is 11.5 Å². The summed E-state index contributed by atoms with van der Waals surface area (Å²) in [6.07, 6.45) is 8.10. The van der Waals surface area contributed by atoms with E-state index < -0.39 is 5.97 Å². The third-order valence-electron chi connectivity index (χ3n) is 7.17. The largest absolute Gasteiger partial charge is 0.368 e. The summed E-state index contributed by atoms with van der Waals surface area (Å²) in [6.45, 7) is 2.66. The van der Waals surface area contributed by atoms with Gasteiger partial charge in [-0.25, -0.2) is 9.97 Å². The lowest BCUT2D eigenvalue weighted by atomic mass is 10.1. The van der Waals surface area contributed by atoms with Crippen molar-refractivity contribution >= 4 is 45.6 Å². The van der Waals surface area contributed by atoms with Gasteiger partial charge in [0, 0.05) is 79.9 Å². The molecule has 0 unspecified atom stereocenters. The Bertz CT molecular complexity index is 1670. The number of piperazine rings is 1. The molecule has 0 spiro atoms. The molecular weight excluding hydrogens is 526 g/mol. The SMILES string of the molecule is O=C(CCCC(=O)N1CCN(c2ccc(Nc3nc(-c4ccc5cn[nH]c5c4)cn4ccnc34)cc2)CC1)ONO. The molecule has 0 saturated carbocycles. The van der Waals surface area contributed by atoms with Gasteiger partial charge in [-0.3, -0.25) is 19.9 Å². The molecule has 1 aliphatic heterocycles. The molecule has 13 nitrogen and oxygen atoms in total. The Morgan fingerprint density at radius 1 is 1.05 bits per heavy atom. The van der Waals surface area contributed by atoms with Crippen molar-refractivity contribution in [3.8, 4) is 11.3 Å². The second kappa shape index (κ2) is 11.6. The van der Waals surface area contributed by atoms with E-state index in [-0.39, 0.29) is 18.7 Å². The highest BCUT2D eigenvalue weighted by Crippen LogP contribution is 2.27. The second-order valence-electron chi connectivity index (χ2n) is 9.76. The fourth-order valence-electron chi connectivity index (χ4n) is 5.00. The molecule has 4 N–H and O–H groups in total. The number of carbonyl (C=O) groups is 2. The molecule has 1 aliphatic rings. The quantitative estimate of drug-likeness (QED) is 0.199. The maximum absolute atomic E-state index is 12.5. The van der Waals surface area contributed by atoms with E-state index in [1.165, 1.54) is 5.64 Å². The fourth-order valence-corrected chi connectivity index (χ4v) is 5.00. The Labute approximate surface area is 234 Å². The lowest BCUT2D eigenvalue weighted by Crippen LogP contribution is -2.48. The van der Waals surface area contributed by atoms with E-state index >= 15 is 0 Å². The Morgan fingerprint density at radius 2 is 1.88 bits per heavy atom. The van der Waals surface area contributed by atoms with Crippen LogP contribution < -0.4 is 15.9 Å². The topological polar surface area (TPSA) is 153 Å². The summed E-state index contributed by atoms with van der Waals surface area (Å²) in [5, 5.41) is 20.0. The number of rotatable bonds is 9. The van der Waals surface area contributed by atoms with Crippen molar-refractivity contribution in [2.24, 2.45) is 0 Å². The minimum absolute atomic E-state index is 0.0125. The van der Waals surface area contributed by atoms with Crippen molar-refractivity contribution in [1.82, 2.24) is 35.1 Å². The van der Waals surface area contributed by atoms with Crippen LogP contribution >= 0.6 is 0 Å². The van der Waals surface area contributed by atoms with Crippen LogP contribution in [0.4, 0.5) is 17.2 Å². The highest BCUT2D eigenvalue weighted by atomic mass is 16.8. The molecule has 1 saturated heterocycles. The van der Waals surface area contributed by atoms with Gasteiger partial charge in [-0.15, -0.1) is 0 Å². The van der Waals surface area contributed by atoms with Gasteiger partial charge in [0.25, 0.3) is 0 Å². The predicted molar refractivity (Wildman–Crippen MR) is 151 cm³/mol. The van der Waals surface area contributed by atoms with Gasteiger partial charge in [-0.05, 0) is 42.4 Å². The first-order chi connectivity index (χ1) is 20.1. The molecule has 6 rings (SSSR count). The Hall–Kier alpha value is -5.01. The van der Waals surface area contributed by atoms with Crippen molar-refractivity contribution in [3.05, 3.63) is 67.3 Å². The standard InChI is InChI=1S/C28H29N9O4/c38-25(2-1-3-26(39)41-34-40)36-14-12-35(13-15-36)22-8-6-21(7-9-22)31-27-28-29-10-11-37(28)18-24(32-27)19-4-5-20-17-30-33-23(20)16-19/h4-11,16-18,34,40H,1-3,12-15H2,(H,30,33)(H,31,32). The number of benzene rings is 2. The van der Waals surface area contributed by atoms with Gasteiger partial charge in [0.05, 0.1) is 17.4 Å². The maximum atomic E-state index is 12.5. The van der Waals surface area contributed by atoms with Crippen LogP contribution in [-0.2, 0) is 14.4 Å². The van der Waals surface area contributed by atoms with Crippen molar-refractivity contribution in [2.45, 2.75) is 19.3 Å². The number of anilines is 3. The molecule has 4 heterocycles. The average molecular weight is 556 g/mol. The van der Waals surface area contributed by atoms with Gasteiger partial charge >= 0.3 is 5.97 Å². The fraction of sp³-hybridized carbons (Fsp3) is 0.250. The molecule has 1 amide bonds. The van der Waals surface area contributed by atoms with Crippen LogP contribution in [0.5, 0.6) is 0 Å². The minimum atomic E-state index is -0.604. The summed E-state index contributed by atoms with van der Waals surface area (Å²) >= 11 is 0. The molecule has 13 heteroatoms. The molecule has 2 aromatic carbocycles. The Kier molecular flexibility index (Phi) is 7.43. The molecule has 0 radical (unpaired) electrons. The van der Waals surface area contributed by atoms with Crippen LogP contribution in [-0.4, -0.2) is 72.7 Å². The highest BCUT2D eigenvalue weighted by molar-refractivity contribution is 5.84. The number of fused-ring (bicyclic) bond motifs is 2. The molecule has 3 aromatic heterocycles. The number of aromatic nitrogens is 5. The van der Waals surface area contributed by atoms with Crippen LogP contribution in [0.3, 0.4) is 0 Å². The van der Waals surface area contributed by atoms with Crippen LogP contribution in [0.25, 0.3) is 27.8 Å². The second-order valence-corrected chi connectivity index (χ2v) is 9.76. The first-order valence-electron chi connectivity index (χ1n) is 13.3. The third-order valence-corrected chi connectivity index (χ3v) is 7.17. The van der Waals surface area contributed by atoms with Gasteiger partial charge < -0.3 is 24.4 Å². The van der Waals surface area contributed by atoms with E-state index in [1.54, 1.807) is 12.4 Å². The maximum Gasteiger partial charge on any atom is 0.327 e. The van der Waals surface area contributed by atoms with Crippen molar-refractivity contribution in [1.29, 1.82) is 0 Å². The Morgan fingerprint density at radius 3 is 2.68 bits per heavy atom. The van der Waals surface area contributed by atoms with Gasteiger partial charge in [0.2, 0.25) is 5.91 Å². The molecule has 0 bridgehead atoms. The van der Waals surface area contributed by atoms with E-state index in [9.17, 15) is 9.59 Å². The van der Waals surface area contributed by atoms with E-state index in [4.69, 9.17) is 10.2 Å². The van der Waals surface area contributed by atoms with E-state index in [1.807, 2.05) is 52.0 Å². The average Bonchev–Trinajstić information content (AvgIpc) is 3.67. The third kappa shape index (κ3) is 5.81. The summed E-state index contributed by atoms with van der Waals surface area (Å²) in [7, 11) is 0. The monoisotopic (exact) mass is 555 g/mol. The first kappa shape index (κ1) is 26.2. The van der Waals surface area contributed by atoms with E-state index in [0.717, 1.165) is 39.2 Å². The zero-order valence-electron chi connectivity index (χ0n) is 22.2. The number of hydrogen-bond acceptors (Lipinski definition) is 10. The summed E-state index contributed by atoms with van der Waals surface area (Å²) in [5.41, 5.74) is 6.76. The predicted octanol–water partition coefficient (Wildman–Crippen LogP) is 3.27. The summed E-state index contributed by atoms with van der Waals surface area (Å²) in [6, 6.07) is 14.2. The molecule has 41 heavy (non-hydrogen) atoms. The minimum Gasteiger partial charge on any atom is -0.368 e. The normalized spacial score (nSPS) is 13.6. The van der Waals surface area contributed by atoms with E-state index in [0.29, 0.717) is 38.4 Å². The van der Waals surface area contributed by atoms with Crippen LogP contribution in [0.2, 0.25) is 0 Å². The molecule has 0 atom stereocenters. The number of aromatic amines is 1. The number of H-pyrrole nitrogens is 1. The van der Waals surface area contributed by atoms with Gasteiger partial charge in [-0.2, -0.15) is 5.10 Å². The molecule has 210 valence electrons. The lowest BCUT2D eigenvalue weighted by Gasteiger charge is -2.36. The molecule has 1 fully saturated rings. The zero-order valence-corrected chi connectivity index (χ0v) is 22.2. The number of carbonyl (C=O) groups excluding carboxylic acids is 2. The molecule has 0 aliphatic carbocycles. The van der Waals surface area contributed by atoms with Gasteiger partial charge in [0.1, 0.15) is 0 Å². The van der Waals surface area contributed by atoms with Gasteiger partial charge in [-0.1, -0.05) is 12.1 Å². The van der Waals surface area contributed by atoms with Crippen molar-refractivity contribution < 1.29 is 19.6 Å². The zero-order chi connectivity index (χ0) is 28.2. The van der Waals surface area contributed by atoms with Crippen LogP contribution in [0.15, 0.2) is 67.3 Å². The highest BCUT2D eigenvalue weighted by Gasteiger charge is 2.21. The number of amides is 1. The number of nitrogens with one attached hydrogen (secondary N) is 3. The smallest absolute Gasteiger partial charge is 0.327 e. The summed E-state index contributed by atoms with van der Waals surface area (Å²) < 4.78 is 1.95. The van der Waals surface area contributed by atoms with Crippen LogP contribution in [0.1, 0.15) is 19.3 Å². The summed E-state index contributed by atoms with van der Waals surface area (Å²) in [4.78, 5) is 41.5. The van der Waals surface area contributed by atoms with E-state index in [2.05, 4.69) is 42.4 Å². The summed E-state index contributed by atoms with van der Waals surface area (Å²) in [5.74, 6) is 0.0596. The lowest BCUT2D eigenvalue weighted by molar-refractivity contribution is -0.176. The Balaban J connectivity index is 1.09. The molecule has 5 aromatic rings. The number of nitrogens with zero attached hydrogens (tertiary/aromatic N) is 6. The molecular formula is C28H29N9O4. The van der Waals surface area contributed by atoms with Crippen LogP contribution in [0, 0.1) is 0 Å². The van der Waals surface area contributed by atoms with Crippen molar-refractivity contribution in [2.75, 3.05) is 36.4 Å². The number of hydrogen-bond donors (Lipinski definition) is 4. The first-order valence-corrected chi connectivity index (χ1v) is 13.3.